The Morgan fingerprint density at radius 1 is 1.12 bits per heavy atom. The monoisotopic (exact) mass is 611 g/mol. The van der Waals surface area contributed by atoms with Crippen LogP contribution >= 0.6 is 11.6 Å². The van der Waals surface area contributed by atoms with Crippen molar-refractivity contribution in [3.05, 3.63) is 86.9 Å². The minimum Gasteiger partial charge on any atom is -0.341 e. The molecule has 0 radical (unpaired) electrons. The van der Waals surface area contributed by atoms with Gasteiger partial charge in [0, 0.05) is 33.9 Å². The number of anilines is 3. The lowest BCUT2D eigenvalue weighted by atomic mass is 9.94. The summed E-state index contributed by atoms with van der Waals surface area (Å²) in [5, 5.41) is 5.14. The van der Waals surface area contributed by atoms with E-state index in [4.69, 9.17) is 11.6 Å². The molecule has 0 saturated carbocycles. The standard InChI is InChI=1S/C27H17ClF7N5O2/c28-16-2-1-13(29)8-15(16)22-20-17(37-24(41)11-5-12(27(33,34)35)7-14(30)6-11)9-18-23(21(20)25(42)38-22)39-4-3-36-26(39)40(18)10-19(31)32/h1-2,5-9,19,22H,3-4,10H2,(H,37,41)(H,38,42). The highest BCUT2D eigenvalue weighted by atomic mass is 35.5. The highest BCUT2D eigenvalue weighted by Crippen LogP contribution is 2.51. The van der Waals surface area contributed by atoms with E-state index in [9.17, 15) is 40.3 Å². The molecule has 3 aliphatic rings. The van der Waals surface area contributed by atoms with Crippen molar-refractivity contribution < 1.29 is 40.3 Å². The van der Waals surface area contributed by atoms with Crippen LogP contribution in [0.4, 0.5) is 47.8 Å². The molecule has 2 amide bonds. The molecule has 3 aliphatic heterocycles. The molecular weight excluding hydrogens is 595 g/mol. The molecule has 2 N–H and O–H groups in total. The van der Waals surface area contributed by atoms with Crippen molar-refractivity contribution in [1.29, 1.82) is 0 Å². The van der Waals surface area contributed by atoms with E-state index in [1.54, 1.807) is 4.90 Å². The first-order valence-corrected chi connectivity index (χ1v) is 12.7. The van der Waals surface area contributed by atoms with Crippen LogP contribution in [0.3, 0.4) is 0 Å². The van der Waals surface area contributed by atoms with Gasteiger partial charge in [-0.1, -0.05) is 11.6 Å². The maximum absolute atomic E-state index is 14.3. The van der Waals surface area contributed by atoms with Gasteiger partial charge in [0.15, 0.2) is 0 Å². The van der Waals surface area contributed by atoms with Crippen LogP contribution < -0.4 is 20.4 Å². The predicted molar refractivity (Wildman–Crippen MR) is 140 cm³/mol. The third-order valence-electron chi connectivity index (χ3n) is 7.06. The third kappa shape index (κ3) is 4.59. The van der Waals surface area contributed by atoms with Gasteiger partial charge in [-0.25, -0.2) is 17.6 Å². The average Bonchev–Trinajstić information content (AvgIpc) is 3.59. The molecule has 15 heteroatoms. The van der Waals surface area contributed by atoms with E-state index < -0.39 is 59.8 Å². The van der Waals surface area contributed by atoms with Crippen molar-refractivity contribution in [2.24, 2.45) is 4.99 Å². The first-order chi connectivity index (χ1) is 19.8. The Bertz CT molecular complexity index is 1690. The summed E-state index contributed by atoms with van der Waals surface area (Å²) in [5.41, 5.74) is -1.85. The maximum Gasteiger partial charge on any atom is 0.416 e. The van der Waals surface area contributed by atoms with Crippen molar-refractivity contribution in [2.75, 3.05) is 34.8 Å². The van der Waals surface area contributed by atoms with Crippen LogP contribution in [0.5, 0.6) is 0 Å². The molecule has 7 nitrogen and oxygen atoms in total. The number of aliphatic imine (C=N–C) groups is 1. The first kappa shape index (κ1) is 27.8. The normalized spacial score (nSPS) is 17.3. The summed E-state index contributed by atoms with van der Waals surface area (Å²) in [5.74, 6) is -3.74. The van der Waals surface area contributed by atoms with Crippen molar-refractivity contribution in [2.45, 2.75) is 18.6 Å². The van der Waals surface area contributed by atoms with Crippen LogP contribution in [0.15, 0.2) is 47.5 Å². The summed E-state index contributed by atoms with van der Waals surface area (Å²) >= 11 is 6.33. The van der Waals surface area contributed by atoms with Crippen LogP contribution in [-0.2, 0) is 6.18 Å². The van der Waals surface area contributed by atoms with Gasteiger partial charge in [0.25, 0.3) is 18.2 Å². The highest BCUT2D eigenvalue weighted by Gasteiger charge is 2.46. The average molecular weight is 612 g/mol. The number of amides is 2. The number of alkyl halides is 5. The predicted octanol–water partition coefficient (Wildman–Crippen LogP) is 5.98. The van der Waals surface area contributed by atoms with Gasteiger partial charge < -0.3 is 20.4 Å². The molecule has 0 bridgehead atoms. The van der Waals surface area contributed by atoms with Gasteiger partial charge in [-0.3, -0.25) is 14.6 Å². The van der Waals surface area contributed by atoms with Gasteiger partial charge in [0.2, 0.25) is 5.96 Å². The van der Waals surface area contributed by atoms with E-state index in [1.807, 2.05) is 0 Å². The lowest BCUT2D eigenvalue weighted by molar-refractivity contribution is -0.137. The summed E-state index contributed by atoms with van der Waals surface area (Å²) < 4.78 is 95.5. The molecular formula is C27H17ClF7N5O2. The Kier molecular flexibility index (Phi) is 6.55. The fourth-order valence-electron chi connectivity index (χ4n) is 5.41. The van der Waals surface area contributed by atoms with E-state index in [1.165, 1.54) is 17.0 Å². The van der Waals surface area contributed by atoms with Crippen molar-refractivity contribution in [3.8, 4) is 0 Å². The molecule has 3 aromatic carbocycles. The van der Waals surface area contributed by atoms with Crippen LogP contribution in [0, 0.1) is 11.6 Å². The zero-order chi connectivity index (χ0) is 30.1. The molecule has 0 spiro atoms. The third-order valence-corrected chi connectivity index (χ3v) is 7.40. The Labute approximate surface area is 237 Å². The van der Waals surface area contributed by atoms with Crippen LogP contribution in [-0.4, -0.2) is 43.8 Å². The Hall–Kier alpha value is -4.33. The molecule has 3 aromatic rings. The largest absolute Gasteiger partial charge is 0.416 e. The van der Waals surface area contributed by atoms with E-state index in [0.29, 0.717) is 12.1 Å². The number of carbonyl (C=O) groups excluding carboxylic acids is 2. The molecule has 0 fully saturated rings. The number of halogens is 8. The number of carbonyl (C=O) groups is 2. The Morgan fingerprint density at radius 2 is 1.88 bits per heavy atom. The molecule has 42 heavy (non-hydrogen) atoms. The number of fused-ring (bicyclic) bond motifs is 5. The van der Waals surface area contributed by atoms with Gasteiger partial charge in [-0.05, 0) is 42.5 Å². The molecule has 6 rings (SSSR count). The summed E-state index contributed by atoms with van der Waals surface area (Å²) in [6.45, 7) is -0.305. The quantitative estimate of drug-likeness (QED) is 0.348. The summed E-state index contributed by atoms with van der Waals surface area (Å²) in [4.78, 5) is 33.7. The van der Waals surface area contributed by atoms with E-state index in [-0.39, 0.29) is 63.9 Å². The molecule has 218 valence electrons. The topological polar surface area (TPSA) is 77.0 Å². The highest BCUT2D eigenvalue weighted by molar-refractivity contribution is 6.31. The number of guanidine groups is 1. The van der Waals surface area contributed by atoms with E-state index in [2.05, 4.69) is 15.6 Å². The van der Waals surface area contributed by atoms with E-state index >= 15 is 0 Å². The SMILES string of the molecule is O=C(Nc1cc2c(c3c1C(c1cc(F)ccc1Cl)NC3=O)N1CCN=C1N2CC(F)F)c1cc(F)cc(C(F)(F)F)c1. The van der Waals surface area contributed by atoms with Gasteiger partial charge in [0.1, 0.15) is 11.6 Å². The lowest BCUT2D eigenvalue weighted by Gasteiger charge is -2.21. The molecule has 0 aliphatic carbocycles. The number of hydrogen-bond acceptors (Lipinski definition) is 5. The molecule has 0 saturated heterocycles. The second-order valence-corrected chi connectivity index (χ2v) is 10.1. The van der Waals surface area contributed by atoms with Crippen LogP contribution in [0.2, 0.25) is 5.02 Å². The minimum absolute atomic E-state index is 0.0466. The molecule has 3 heterocycles. The van der Waals surface area contributed by atoms with Gasteiger partial charge in [-0.2, -0.15) is 13.2 Å². The fourth-order valence-corrected chi connectivity index (χ4v) is 5.64. The zero-order valence-corrected chi connectivity index (χ0v) is 21.8. The van der Waals surface area contributed by atoms with Crippen LogP contribution in [0.25, 0.3) is 0 Å². The van der Waals surface area contributed by atoms with Crippen molar-refractivity contribution in [1.82, 2.24) is 5.32 Å². The van der Waals surface area contributed by atoms with Gasteiger partial charge >= 0.3 is 6.18 Å². The Balaban J connectivity index is 1.54. The number of nitrogens with one attached hydrogen (secondary N) is 2. The second kappa shape index (κ2) is 9.89. The smallest absolute Gasteiger partial charge is 0.341 e. The van der Waals surface area contributed by atoms with Gasteiger partial charge in [0.05, 0.1) is 41.6 Å². The summed E-state index contributed by atoms with van der Waals surface area (Å²) in [6, 6.07) is 4.80. The maximum atomic E-state index is 14.3. The Morgan fingerprint density at radius 3 is 2.60 bits per heavy atom. The number of nitrogens with zero attached hydrogens (tertiary/aromatic N) is 3. The van der Waals surface area contributed by atoms with Crippen LogP contribution in [0.1, 0.15) is 43.4 Å². The number of rotatable bonds is 5. The van der Waals surface area contributed by atoms with Gasteiger partial charge in [-0.15, -0.1) is 0 Å². The lowest BCUT2D eigenvalue weighted by Crippen LogP contribution is -2.38. The van der Waals surface area contributed by atoms with E-state index in [0.717, 1.165) is 12.1 Å². The first-order valence-electron chi connectivity index (χ1n) is 12.4. The van der Waals surface area contributed by atoms with Crippen molar-refractivity contribution in [3.63, 3.8) is 0 Å². The fraction of sp³-hybridized carbons (Fsp3) is 0.222. The number of benzene rings is 3. The summed E-state index contributed by atoms with van der Waals surface area (Å²) in [7, 11) is 0. The second-order valence-electron chi connectivity index (χ2n) is 9.67. The molecule has 1 atom stereocenters. The minimum atomic E-state index is -4.95. The molecule has 1 unspecified atom stereocenters. The zero-order valence-electron chi connectivity index (χ0n) is 21.0. The number of hydrogen-bond donors (Lipinski definition) is 2. The van der Waals surface area contributed by atoms with Crippen molar-refractivity contribution >= 4 is 46.4 Å². The molecule has 0 aromatic heterocycles. The summed E-state index contributed by atoms with van der Waals surface area (Å²) in [6.07, 6.45) is -7.78.